The largest absolute Gasteiger partial charge is 0.332 e. The summed E-state index contributed by atoms with van der Waals surface area (Å²) < 4.78 is 79.8. The van der Waals surface area contributed by atoms with E-state index in [0.29, 0.717) is 34.6 Å². The van der Waals surface area contributed by atoms with Gasteiger partial charge in [0, 0.05) is 25.9 Å². The van der Waals surface area contributed by atoms with Crippen molar-refractivity contribution in [1.82, 2.24) is 24.8 Å². The molecule has 0 unspecified atom stereocenters. The van der Waals surface area contributed by atoms with Crippen LogP contribution in [-0.4, -0.2) is 56.4 Å². The van der Waals surface area contributed by atoms with E-state index < -0.39 is 36.9 Å². The van der Waals surface area contributed by atoms with Gasteiger partial charge in [-0.1, -0.05) is 6.42 Å². The van der Waals surface area contributed by atoms with Gasteiger partial charge in [0.2, 0.25) is 5.92 Å². The maximum absolute atomic E-state index is 13.6. The van der Waals surface area contributed by atoms with E-state index in [0.717, 1.165) is 6.42 Å². The van der Waals surface area contributed by atoms with Crippen molar-refractivity contribution in [3.8, 4) is 0 Å². The summed E-state index contributed by atoms with van der Waals surface area (Å²) in [5.41, 5.74) is 6.85. The number of hydrogen-bond acceptors (Lipinski definition) is 4. The average Bonchev–Trinajstić information content (AvgIpc) is 3.11. The molecule has 13 heteroatoms. The summed E-state index contributed by atoms with van der Waals surface area (Å²) in [6, 6.07) is 0.540. The van der Waals surface area contributed by atoms with E-state index in [1.54, 1.807) is 6.20 Å². The highest BCUT2D eigenvalue weighted by atomic mass is 19.3. The van der Waals surface area contributed by atoms with Crippen molar-refractivity contribution < 1.29 is 31.1 Å². The van der Waals surface area contributed by atoms with Gasteiger partial charge in [0.25, 0.3) is 0 Å². The average molecular weight is 466 g/mol. The number of aromatic nitrogens is 3. The number of alkyl halides is 6. The Morgan fingerprint density at radius 2 is 1.75 bits per heavy atom. The summed E-state index contributed by atoms with van der Waals surface area (Å²) in [5, 5.41) is 5.84. The van der Waals surface area contributed by atoms with Crippen LogP contribution in [0.4, 0.5) is 31.1 Å². The molecule has 0 atom stereocenters. The molecule has 32 heavy (non-hydrogen) atoms. The molecule has 2 aromatic rings. The molecule has 0 radical (unpaired) electrons. The van der Waals surface area contributed by atoms with Gasteiger partial charge < -0.3 is 16.0 Å². The number of nitrogens with zero attached hydrogens (tertiary/aromatic N) is 4. The lowest BCUT2D eigenvalue weighted by Gasteiger charge is -2.26. The summed E-state index contributed by atoms with van der Waals surface area (Å²) in [4.78, 5) is 16.6. The van der Waals surface area contributed by atoms with Crippen LogP contribution >= 0.6 is 0 Å². The van der Waals surface area contributed by atoms with Crippen LogP contribution in [0.5, 0.6) is 0 Å². The first-order valence-electron chi connectivity index (χ1n) is 10.1. The molecule has 0 aromatic carbocycles. The molecule has 2 amide bonds. The van der Waals surface area contributed by atoms with Gasteiger partial charge in [0.15, 0.2) is 5.65 Å². The fourth-order valence-corrected chi connectivity index (χ4v) is 3.42. The van der Waals surface area contributed by atoms with E-state index >= 15 is 0 Å². The number of carbonyl (C=O) groups excluding carboxylic acids is 1. The van der Waals surface area contributed by atoms with Crippen molar-refractivity contribution >= 4 is 11.7 Å². The molecule has 0 spiro atoms. The van der Waals surface area contributed by atoms with E-state index in [2.05, 4.69) is 10.1 Å². The van der Waals surface area contributed by atoms with Gasteiger partial charge in [-0.15, -0.1) is 0 Å². The minimum absolute atomic E-state index is 0.118. The number of rotatable bonds is 3. The summed E-state index contributed by atoms with van der Waals surface area (Å²) >= 11 is 0. The minimum Gasteiger partial charge on any atom is -0.332 e. The Labute approximate surface area is 180 Å². The van der Waals surface area contributed by atoms with Crippen LogP contribution in [0.25, 0.3) is 5.65 Å². The van der Waals surface area contributed by atoms with Gasteiger partial charge in [-0.2, -0.15) is 22.7 Å². The number of nitrogens with one attached hydrogen (secondary N) is 1. The van der Waals surface area contributed by atoms with Crippen molar-refractivity contribution in [1.29, 1.82) is 0 Å². The molecule has 0 bridgehead atoms. The van der Waals surface area contributed by atoms with Crippen LogP contribution in [0, 0.1) is 0 Å². The number of imidazole rings is 1. The zero-order valence-electron chi connectivity index (χ0n) is 17.1. The van der Waals surface area contributed by atoms with Crippen LogP contribution in [0.1, 0.15) is 43.4 Å². The van der Waals surface area contributed by atoms with E-state index in [-0.39, 0.29) is 25.9 Å². The van der Waals surface area contributed by atoms with E-state index in [4.69, 9.17) is 5.73 Å². The van der Waals surface area contributed by atoms with Crippen LogP contribution in [0.3, 0.4) is 0 Å². The summed E-state index contributed by atoms with van der Waals surface area (Å²) in [6.07, 6.45) is 5.62. The number of amides is 2. The Bertz CT molecular complexity index is 942. The first-order valence-corrected chi connectivity index (χ1v) is 10.1. The van der Waals surface area contributed by atoms with Gasteiger partial charge in [0.05, 0.1) is 31.2 Å². The molecule has 3 N–H and O–H groups in total. The second-order valence-corrected chi connectivity index (χ2v) is 7.94. The standard InChI is InChI=1S/C13H14F4N6O.C6H10F2/c14-12(15)6-19-11(24)22(7-13(12,16)17)4-8-1-10-21-9(2-18)5-23(10)20-3-8;7-6(8)4-2-1-3-5-6/h1,3,5H,2,4,6-7,18H2,(H,19,24);1-5H2. The van der Waals surface area contributed by atoms with Gasteiger partial charge in [-0.3, -0.25) is 0 Å². The molecule has 2 aliphatic rings. The van der Waals surface area contributed by atoms with E-state index in [9.17, 15) is 31.1 Å². The Kier molecular flexibility index (Phi) is 6.86. The number of carbonyl (C=O) groups is 1. The SMILES string of the molecule is FC1(F)CCCCC1.NCc1cn2ncc(CN3CC(F)(F)C(F)(F)CNC3=O)cc2n1. The lowest BCUT2D eigenvalue weighted by Crippen LogP contribution is -2.48. The third-order valence-corrected chi connectivity index (χ3v) is 5.27. The third-order valence-electron chi connectivity index (χ3n) is 5.27. The predicted molar refractivity (Wildman–Crippen MR) is 103 cm³/mol. The molecule has 1 aliphatic heterocycles. The highest BCUT2D eigenvalue weighted by molar-refractivity contribution is 5.74. The summed E-state index contributed by atoms with van der Waals surface area (Å²) in [7, 11) is 0. The molecule has 7 nitrogen and oxygen atoms in total. The quantitative estimate of drug-likeness (QED) is 0.677. The first-order chi connectivity index (χ1) is 14.9. The van der Waals surface area contributed by atoms with Gasteiger partial charge in [-0.25, -0.2) is 23.1 Å². The maximum atomic E-state index is 13.6. The zero-order chi connectivity index (χ0) is 23.6. The second kappa shape index (κ2) is 9.12. The molecule has 2 fully saturated rings. The number of hydrogen-bond donors (Lipinski definition) is 2. The highest BCUT2D eigenvalue weighted by Gasteiger charge is 2.59. The molecule has 3 heterocycles. The fraction of sp³-hybridized carbons (Fsp3) is 0.632. The molecular formula is C19H24F6N6O. The van der Waals surface area contributed by atoms with E-state index in [1.165, 1.54) is 16.8 Å². The van der Waals surface area contributed by atoms with Crippen molar-refractivity contribution in [3.05, 3.63) is 29.7 Å². The van der Waals surface area contributed by atoms with Crippen molar-refractivity contribution in [3.63, 3.8) is 0 Å². The minimum atomic E-state index is -4.33. The molecule has 1 saturated carbocycles. The third kappa shape index (κ3) is 5.61. The monoisotopic (exact) mass is 466 g/mol. The molecular weight excluding hydrogens is 442 g/mol. The van der Waals surface area contributed by atoms with Crippen molar-refractivity contribution in [2.75, 3.05) is 13.1 Å². The Balaban J connectivity index is 0.000000305. The van der Waals surface area contributed by atoms with Crippen molar-refractivity contribution in [2.45, 2.75) is 63.0 Å². The predicted octanol–water partition coefficient (Wildman–Crippen LogP) is 3.57. The molecule has 1 saturated heterocycles. The van der Waals surface area contributed by atoms with Gasteiger partial charge in [0.1, 0.15) is 0 Å². The fourth-order valence-electron chi connectivity index (χ4n) is 3.42. The van der Waals surface area contributed by atoms with Crippen LogP contribution in [0.15, 0.2) is 18.5 Å². The number of halogens is 6. The Morgan fingerprint density at radius 3 is 2.34 bits per heavy atom. The van der Waals surface area contributed by atoms with Crippen LogP contribution < -0.4 is 11.1 Å². The Morgan fingerprint density at radius 1 is 1.06 bits per heavy atom. The smallest absolute Gasteiger partial charge is 0.329 e. The molecule has 2 aromatic heterocycles. The zero-order valence-corrected chi connectivity index (χ0v) is 17.1. The van der Waals surface area contributed by atoms with E-state index in [1.807, 2.05) is 5.32 Å². The number of urea groups is 1. The summed E-state index contributed by atoms with van der Waals surface area (Å²) in [5.74, 6) is -11.0. The van der Waals surface area contributed by atoms with Crippen molar-refractivity contribution in [2.24, 2.45) is 5.73 Å². The second-order valence-electron chi connectivity index (χ2n) is 7.94. The van der Waals surface area contributed by atoms with Gasteiger partial charge >= 0.3 is 17.9 Å². The normalized spacial score (nSPS) is 22.0. The van der Waals surface area contributed by atoms with Gasteiger partial charge in [-0.05, 0) is 24.5 Å². The Hall–Kier alpha value is -2.57. The molecule has 4 rings (SSSR count). The summed E-state index contributed by atoms with van der Waals surface area (Å²) in [6.45, 7) is -2.90. The topological polar surface area (TPSA) is 88.5 Å². The number of nitrogens with two attached hydrogens (primary N) is 1. The number of fused-ring (bicyclic) bond motifs is 1. The molecule has 1 aliphatic carbocycles. The first kappa shape index (κ1) is 24.1. The van der Waals surface area contributed by atoms with Crippen LogP contribution in [0.2, 0.25) is 0 Å². The lowest BCUT2D eigenvalue weighted by molar-refractivity contribution is -0.204. The van der Waals surface area contributed by atoms with Crippen LogP contribution in [-0.2, 0) is 13.1 Å². The highest BCUT2D eigenvalue weighted by Crippen LogP contribution is 2.36. The maximum Gasteiger partial charge on any atom is 0.329 e. The molecule has 178 valence electrons. The lowest BCUT2D eigenvalue weighted by atomic mass is 9.97.